The Balaban J connectivity index is 1.96. The first-order valence-corrected chi connectivity index (χ1v) is 8.07. The van der Waals surface area contributed by atoms with Crippen molar-refractivity contribution in [3.8, 4) is 0 Å². The fraction of sp³-hybridized carbons (Fsp3) is 0.154. The first-order valence-electron chi connectivity index (χ1n) is 6.42. The number of halogens is 1. The maximum absolute atomic E-state index is 14.0. The molecule has 0 radical (unpaired) electrons. The molecule has 1 aromatic carbocycles. The number of fused-ring (bicyclic) bond motifs is 1. The van der Waals surface area contributed by atoms with Crippen molar-refractivity contribution in [1.29, 1.82) is 0 Å². The topological polar surface area (TPSA) is 103 Å². The Kier molecular flexibility index (Phi) is 3.63. The van der Waals surface area contributed by atoms with Crippen LogP contribution in [-0.2, 0) is 26.9 Å². The molecule has 3 N–H and O–H groups in total. The summed E-state index contributed by atoms with van der Waals surface area (Å²) < 4.78 is 43.6. The largest absolute Gasteiger partial charge is 0.491 e. The second-order valence-corrected chi connectivity index (χ2v) is 6.97. The monoisotopic (exact) mass is 322 g/mol. The Bertz CT molecular complexity index is 827. The SMILES string of the molecule is Nc1ccc(S(=O)(=O)Cc2cc3c(cc2F)COB3O)cn1. The molecular formula is C13H12BFN2O4S. The van der Waals surface area contributed by atoms with Gasteiger partial charge in [0.1, 0.15) is 11.6 Å². The maximum Gasteiger partial charge on any atom is 0.491 e. The minimum Gasteiger partial charge on any atom is -0.423 e. The minimum absolute atomic E-state index is 0.0277. The van der Waals surface area contributed by atoms with Crippen molar-refractivity contribution >= 4 is 28.2 Å². The highest BCUT2D eigenvalue weighted by molar-refractivity contribution is 7.90. The van der Waals surface area contributed by atoms with Crippen molar-refractivity contribution in [2.75, 3.05) is 5.73 Å². The molecule has 2 aromatic rings. The minimum atomic E-state index is -3.77. The number of nitrogens with two attached hydrogens (primary N) is 1. The summed E-state index contributed by atoms with van der Waals surface area (Å²) in [5, 5.41) is 9.62. The van der Waals surface area contributed by atoms with Gasteiger partial charge in [-0.25, -0.2) is 17.8 Å². The molecule has 3 rings (SSSR count). The molecule has 6 nitrogen and oxygen atoms in total. The fourth-order valence-electron chi connectivity index (χ4n) is 2.27. The molecule has 2 heterocycles. The molecule has 0 fully saturated rings. The molecule has 0 atom stereocenters. The molecular weight excluding hydrogens is 310 g/mol. The van der Waals surface area contributed by atoms with Crippen LogP contribution in [0.2, 0.25) is 0 Å². The number of sulfone groups is 1. The van der Waals surface area contributed by atoms with Gasteiger partial charge in [0.25, 0.3) is 0 Å². The summed E-state index contributed by atoms with van der Waals surface area (Å²) in [5.74, 6) is -0.990. The van der Waals surface area contributed by atoms with Crippen LogP contribution in [0.4, 0.5) is 10.2 Å². The van der Waals surface area contributed by atoms with E-state index in [4.69, 9.17) is 10.4 Å². The molecule has 0 amide bonds. The fourth-order valence-corrected chi connectivity index (χ4v) is 3.55. The average molecular weight is 322 g/mol. The molecule has 0 aliphatic carbocycles. The van der Waals surface area contributed by atoms with Gasteiger partial charge >= 0.3 is 7.12 Å². The van der Waals surface area contributed by atoms with Crippen LogP contribution in [0.15, 0.2) is 35.4 Å². The van der Waals surface area contributed by atoms with E-state index in [2.05, 4.69) is 4.98 Å². The van der Waals surface area contributed by atoms with Crippen molar-refractivity contribution in [3.05, 3.63) is 47.4 Å². The lowest BCUT2D eigenvalue weighted by molar-refractivity contribution is 0.275. The van der Waals surface area contributed by atoms with Gasteiger partial charge in [-0.15, -0.1) is 0 Å². The second-order valence-electron chi connectivity index (χ2n) is 4.98. The smallest absolute Gasteiger partial charge is 0.423 e. The number of benzene rings is 1. The van der Waals surface area contributed by atoms with E-state index in [1.807, 2.05) is 0 Å². The van der Waals surface area contributed by atoms with Crippen LogP contribution in [0.25, 0.3) is 0 Å². The third-order valence-corrected chi connectivity index (χ3v) is 5.09. The van der Waals surface area contributed by atoms with Gasteiger partial charge in [-0.2, -0.15) is 0 Å². The van der Waals surface area contributed by atoms with E-state index in [1.54, 1.807) is 0 Å². The van der Waals surface area contributed by atoms with E-state index in [-0.39, 0.29) is 22.9 Å². The van der Waals surface area contributed by atoms with E-state index >= 15 is 0 Å². The van der Waals surface area contributed by atoms with Crippen molar-refractivity contribution in [1.82, 2.24) is 4.98 Å². The van der Waals surface area contributed by atoms with E-state index in [9.17, 15) is 17.8 Å². The lowest BCUT2D eigenvalue weighted by Crippen LogP contribution is -2.29. The van der Waals surface area contributed by atoms with Gasteiger partial charge in [-0.05, 0) is 29.2 Å². The molecule has 0 bridgehead atoms. The lowest BCUT2D eigenvalue weighted by atomic mass is 9.79. The zero-order valence-corrected chi connectivity index (χ0v) is 12.2. The zero-order valence-electron chi connectivity index (χ0n) is 11.4. The van der Waals surface area contributed by atoms with E-state index in [0.29, 0.717) is 11.0 Å². The Morgan fingerprint density at radius 2 is 2.18 bits per heavy atom. The predicted molar refractivity (Wildman–Crippen MR) is 78.3 cm³/mol. The van der Waals surface area contributed by atoms with Crippen molar-refractivity contribution in [2.24, 2.45) is 0 Å². The number of rotatable bonds is 3. The Morgan fingerprint density at radius 3 is 2.86 bits per heavy atom. The predicted octanol–water partition coefficient (Wildman–Crippen LogP) is -0.00550. The molecule has 0 saturated heterocycles. The third-order valence-electron chi connectivity index (χ3n) is 3.43. The number of nitrogens with zero attached hydrogens (tertiary/aromatic N) is 1. The Hall–Kier alpha value is -1.97. The van der Waals surface area contributed by atoms with Gasteiger partial charge in [0.15, 0.2) is 9.84 Å². The second kappa shape index (κ2) is 5.34. The quantitative estimate of drug-likeness (QED) is 0.771. The highest BCUT2D eigenvalue weighted by Crippen LogP contribution is 2.21. The summed E-state index contributed by atoms with van der Waals surface area (Å²) in [6, 6.07) is 5.20. The molecule has 9 heteroatoms. The molecule has 0 saturated carbocycles. The molecule has 1 aromatic heterocycles. The van der Waals surface area contributed by atoms with Gasteiger partial charge < -0.3 is 15.4 Å². The van der Waals surface area contributed by atoms with Crippen molar-refractivity contribution < 1.29 is 22.5 Å². The van der Waals surface area contributed by atoms with E-state index in [0.717, 1.165) is 6.20 Å². The highest BCUT2D eigenvalue weighted by atomic mass is 32.2. The van der Waals surface area contributed by atoms with Crippen LogP contribution in [0, 0.1) is 5.82 Å². The van der Waals surface area contributed by atoms with Crippen LogP contribution in [0.1, 0.15) is 11.1 Å². The van der Waals surface area contributed by atoms with E-state index < -0.39 is 28.5 Å². The summed E-state index contributed by atoms with van der Waals surface area (Å²) in [4.78, 5) is 3.68. The number of hydrogen-bond donors (Lipinski definition) is 2. The lowest BCUT2D eigenvalue weighted by Gasteiger charge is -2.08. The number of nitrogen functional groups attached to an aromatic ring is 1. The van der Waals surface area contributed by atoms with Gasteiger partial charge in [0.05, 0.1) is 17.3 Å². The van der Waals surface area contributed by atoms with Crippen LogP contribution in [0.3, 0.4) is 0 Å². The standard InChI is InChI=1S/C13H12BFN2O4S/c15-12-4-8-6-21-14(18)11(8)3-9(12)7-22(19,20)10-1-2-13(16)17-5-10/h1-5,18H,6-7H2,(H2,16,17). The molecule has 1 aliphatic rings. The van der Waals surface area contributed by atoms with Crippen LogP contribution < -0.4 is 11.2 Å². The zero-order chi connectivity index (χ0) is 15.9. The summed E-state index contributed by atoms with van der Waals surface area (Å²) in [5.41, 5.74) is 6.29. The summed E-state index contributed by atoms with van der Waals surface area (Å²) in [6.45, 7) is 0.0995. The molecule has 0 spiro atoms. The average Bonchev–Trinajstić information content (AvgIpc) is 2.80. The highest BCUT2D eigenvalue weighted by Gasteiger charge is 2.29. The molecule has 114 valence electrons. The normalized spacial score (nSPS) is 14.2. The number of pyridine rings is 1. The summed E-state index contributed by atoms with van der Waals surface area (Å²) in [6.07, 6.45) is 1.13. The van der Waals surface area contributed by atoms with Crippen LogP contribution >= 0.6 is 0 Å². The Labute approximate surface area is 126 Å². The van der Waals surface area contributed by atoms with Gasteiger partial charge in [-0.3, -0.25) is 0 Å². The summed E-state index contributed by atoms with van der Waals surface area (Å²) >= 11 is 0. The maximum atomic E-state index is 14.0. The van der Waals surface area contributed by atoms with Crippen LogP contribution in [-0.4, -0.2) is 25.5 Å². The first kappa shape index (κ1) is 15.0. The van der Waals surface area contributed by atoms with Gasteiger partial charge in [0.2, 0.25) is 0 Å². The number of anilines is 1. The van der Waals surface area contributed by atoms with Gasteiger partial charge in [0, 0.05) is 11.8 Å². The molecule has 0 unspecified atom stereocenters. The van der Waals surface area contributed by atoms with Gasteiger partial charge in [-0.1, -0.05) is 6.07 Å². The van der Waals surface area contributed by atoms with Crippen molar-refractivity contribution in [2.45, 2.75) is 17.3 Å². The van der Waals surface area contributed by atoms with Crippen LogP contribution in [0.5, 0.6) is 0 Å². The van der Waals surface area contributed by atoms with Crippen molar-refractivity contribution in [3.63, 3.8) is 0 Å². The third kappa shape index (κ3) is 2.70. The molecule has 1 aliphatic heterocycles. The number of aromatic nitrogens is 1. The summed E-state index contributed by atoms with van der Waals surface area (Å²) in [7, 11) is -4.93. The first-order chi connectivity index (χ1) is 10.4. The Morgan fingerprint density at radius 1 is 1.41 bits per heavy atom. The molecule has 22 heavy (non-hydrogen) atoms. The van der Waals surface area contributed by atoms with E-state index in [1.165, 1.54) is 24.3 Å². The number of hydrogen-bond acceptors (Lipinski definition) is 6.